The molecule has 8 nitrogen and oxygen atoms in total. The van der Waals surface area contributed by atoms with Gasteiger partial charge < -0.3 is 4.90 Å². The Hall–Kier alpha value is -3.28. The summed E-state index contributed by atoms with van der Waals surface area (Å²) in [6.07, 6.45) is -0.403. The summed E-state index contributed by atoms with van der Waals surface area (Å²) in [7, 11) is 0. The minimum absolute atomic E-state index is 0.102. The van der Waals surface area contributed by atoms with Gasteiger partial charge in [-0.15, -0.1) is 22.8 Å². The van der Waals surface area contributed by atoms with Crippen molar-refractivity contribution in [3.63, 3.8) is 0 Å². The highest BCUT2D eigenvalue weighted by Crippen LogP contribution is 2.29. The molecule has 0 amide bonds. The topological polar surface area (TPSA) is 84.5 Å². The Labute approximate surface area is 187 Å². The average molecular weight is 460 g/mol. The second kappa shape index (κ2) is 8.69. The van der Waals surface area contributed by atoms with Crippen LogP contribution < -0.4 is 4.90 Å². The van der Waals surface area contributed by atoms with Gasteiger partial charge in [-0.1, -0.05) is 0 Å². The van der Waals surface area contributed by atoms with Gasteiger partial charge >= 0.3 is 6.18 Å². The molecule has 0 atom stereocenters. The molecule has 3 aromatic rings. The second-order valence-corrected chi connectivity index (χ2v) is 7.47. The number of anilines is 1. The van der Waals surface area contributed by atoms with Crippen LogP contribution in [-0.2, 0) is 0 Å². The van der Waals surface area contributed by atoms with Crippen LogP contribution in [0.25, 0.3) is 11.5 Å². The first-order valence-electron chi connectivity index (χ1n) is 9.78. The predicted octanol–water partition coefficient (Wildman–Crippen LogP) is 4.05. The molecule has 0 saturated carbocycles. The van der Waals surface area contributed by atoms with Crippen LogP contribution in [0.4, 0.5) is 24.5 Å². The van der Waals surface area contributed by atoms with Crippen molar-refractivity contribution in [3.05, 3.63) is 48.2 Å². The van der Waals surface area contributed by atoms with Crippen molar-refractivity contribution < 1.29 is 13.2 Å². The molecular formula is C20H19F3N8S. The highest BCUT2D eigenvalue weighted by Gasteiger charge is 2.29. The van der Waals surface area contributed by atoms with Gasteiger partial charge in [-0.2, -0.15) is 22.9 Å². The predicted molar refractivity (Wildman–Crippen MR) is 119 cm³/mol. The minimum Gasteiger partial charge on any atom is -0.371 e. The van der Waals surface area contributed by atoms with Crippen molar-refractivity contribution in [1.29, 1.82) is 0 Å². The zero-order valence-electron chi connectivity index (χ0n) is 17.2. The second-order valence-electron chi connectivity index (χ2n) is 7.05. The summed E-state index contributed by atoms with van der Waals surface area (Å²) in [6, 6.07) is 5.34. The quantitative estimate of drug-likeness (QED) is 0.561. The van der Waals surface area contributed by atoms with Crippen molar-refractivity contribution in [2.45, 2.75) is 26.4 Å². The summed E-state index contributed by atoms with van der Waals surface area (Å²) >= 11 is 4.43. The maximum atomic E-state index is 12.6. The van der Waals surface area contributed by atoms with Crippen molar-refractivity contribution >= 4 is 34.8 Å². The summed E-state index contributed by atoms with van der Waals surface area (Å²) in [5, 5.41) is 13.0. The Morgan fingerprint density at radius 1 is 1.16 bits per heavy atom. The molecule has 4 rings (SSSR count). The first kappa shape index (κ1) is 21.9. The van der Waals surface area contributed by atoms with Gasteiger partial charge in [-0.25, -0.2) is 9.98 Å². The van der Waals surface area contributed by atoms with Crippen molar-refractivity contribution in [3.8, 4) is 11.5 Å². The number of alkyl halides is 3. The van der Waals surface area contributed by atoms with Crippen molar-refractivity contribution in [1.82, 2.24) is 24.8 Å². The molecule has 3 heterocycles. The lowest BCUT2D eigenvalue weighted by Crippen LogP contribution is -2.27. The molecule has 0 bridgehead atoms. The van der Waals surface area contributed by atoms with Crippen LogP contribution in [0.3, 0.4) is 0 Å². The highest BCUT2D eigenvalue weighted by molar-refractivity contribution is 7.99. The maximum Gasteiger partial charge on any atom is 0.390 e. The third-order valence-corrected chi connectivity index (χ3v) is 5.18. The van der Waals surface area contributed by atoms with E-state index in [1.54, 1.807) is 35.6 Å². The fourth-order valence-corrected chi connectivity index (χ4v) is 3.49. The summed E-state index contributed by atoms with van der Waals surface area (Å²) in [5.41, 5.74) is 3.09. The molecule has 0 N–H and O–H groups in total. The lowest BCUT2D eigenvalue weighted by atomic mass is 10.1. The molecule has 0 spiro atoms. The molecule has 0 radical (unpaired) electrons. The van der Waals surface area contributed by atoms with E-state index in [2.05, 4.69) is 42.9 Å². The zero-order valence-corrected chi connectivity index (χ0v) is 18.1. The number of aliphatic imine (C=N–C) groups is 1. The van der Waals surface area contributed by atoms with Crippen LogP contribution in [0, 0.1) is 6.92 Å². The molecule has 1 aliphatic rings. The number of fused-ring (bicyclic) bond motifs is 1. The Balaban J connectivity index is 1.62. The van der Waals surface area contributed by atoms with E-state index in [0.717, 1.165) is 5.56 Å². The molecule has 166 valence electrons. The van der Waals surface area contributed by atoms with E-state index in [4.69, 9.17) is 0 Å². The number of aromatic nitrogens is 5. The van der Waals surface area contributed by atoms with Crippen LogP contribution in [0.2, 0.25) is 0 Å². The molecule has 0 aliphatic carbocycles. The molecule has 32 heavy (non-hydrogen) atoms. The van der Waals surface area contributed by atoms with Gasteiger partial charge in [0, 0.05) is 31.2 Å². The van der Waals surface area contributed by atoms with Crippen LogP contribution in [0.1, 0.15) is 24.7 Å². The standard InChI is InChI=1S/C20H19F3N8S/c1-3-30(9-6-20(21,22)23)13-4-5-14(12(2)10-13)26-16-18-28-27-17(31(18)29-19(16)32)15-11-24-7-8-25-15/h4-5,7-8,10-11H,3,6,9H2,1-2H3,(H,29,32)/b26-16+. The number of aryl methyl sites for hydroxylation is 1. The van der Waals surface area contributed by atoms with Crippen LogP contribution in [-0.4, -0.2) is 54.9 Å². The van der Waals surface area contributed by atoms with Crippen LogP contribution in [0.5, 0.6) is 0 Å². The summed E-state index contributed by atoms with van der Waals surface area (Å²) in [4.78, 5) is 14.6. The average Bonchev–Trinajstić information content (AvgIpc) is 3.29. The molecule has 1 aromatic carbocycles. The zero-order chi connectivity index (χ0) is 22.9. The Bertz CT molecular complexity index is 1190. The lowest BCUT2D eigenvalue weighted by Gasteiger charge is -2.24. The van der Waals surface area contributed by atoms with Crippen LogP contribution >= 0.6 is 12.6 Å². The highest BCUT2D eigenvalue weighted by atomic mass is 32.1. The van der Waals surface area contributed by atoms with Gasteiger partial charge in [0.2, 0.25) is 11.6 Å². The molecule has 12 heteroatoms. The molecule has 0 unspecified atom stereocenters. The maximum absolute atomic E-state index is 12.6. The number of rotatable bonds is 6. The Kier molecular flexibility index (Phi) is 5.96. The number of halogens is 3. The first-order valence-corrected chi connectivity index (χ1v) is 10.2. The summed E-state index contributed by atoms with van der Waals surface area (Å²) in [6.45, 7) is 4.03. The van der Waals surface area contributed by atoms with Gasteiger partial charge in [-0.05, 0) is 37.6 Å². The third kappa shape index (κ3) is 4.49. The molecule has 0 saturated heterocycles. The van der Waals surface area contributed by atoms with Crippen molar-refractivity contribution in [2.24, 2.45) is 10.1 Å². The lowest BCUT2D eigenvalue weighted by molar-refractivity contribution is -0.132. The third-order valence-electron chi connectivity index (χ3n) is 4.88. The fraction of sp³-hybridized carbons (Fsp3) is 0.300. The first-order chi connectivity index (χ1) is 15.3. The Morgan fingerprint density at radius 2 is 1.94 bits per heavy atom. The summed E-state index contributed by atoms with van der Waals surface area (Å²) < 4.78 is 39.4. The molecule has 1 aliphatic heterocycles. The van der Waals surface area contributed by atoms with E-state index in [9.17, 15) is 13.2 Å². The van der Waals surface area contributed by atoms with Gasteiger partial charge in [0.15, 0.2) is 0 Å². The van der Waals surface area contributed by atoms with Crippen LogP contribution in [0.15, 0.2) is 46.9 Å². The number of thiol groups is 1. The van der Waals surface area contributed by atoms with Gasteiger partial charge in [-0.3, -0.25) is 4.98 Å². The fourth-order valence-electron chi connectivity index (χ4n) is 3.25. The molecular weight excluding hydrogens is 441 g/mol. The SMILES string of the molecule is CCN(CCC(F)(F)F)c1ccc(/N=C2/C(S)=Nn3c2nnc3-c2cnccn2)c(C)c1. The van der Waals surface area contributed by atoms with E-state index in [0.29, 0.717) is 46.0 Å². The normalized spacial score (nSPS) is 14.6. The van der Waals surface area contributed by atoms with E-state index in [1.165, 1.54) is 4.68 Å². The summed E-state index contributed by atoms with van der Waals surface area (Å²) in [5.74, 6) is 0.833. The minimum atomic E-state index is -4.20. The van der Waals surface area contributed by atoms with Gasteiger partial charge in [0.05, 0.1) is 18.3 Å². The smallest absolute Gasteiger partial charge is 0.371 e. The monoisotopic (exact) mass is 460 g/mol. The van der Waals surface area contributed by atoms with Gasteiger partial charge in [0.25, 0.3) is 0 Å². The van der Waals surface area contributed by atoms with Gasteiger partial charge in [0.1, 0.15) is 16.4 Å². The molecule has 0 fully saturated rings. The van der Waals surface area contributed by atoms with E-state index >= 15 is 0 Å². The molecule has 2 aromatic heterocycles. The van der Waals surface area contributed by atoms with E-state index < -0.39 is 12.6 Å². The van der Waals surface area contributed by atoms with Crippen molar-refractivity contribution in [2.75, 3.05) is 18.0 Å². The largest absolute Gasteiger partial charge is 0.390 e. The number of hydrogen-bond acceptors (Lipinski definition) is 7. The van der Waals surface area contributed by atoms with E-state index in [-0.39, 0.29) is 6.54 Å². The number of benzene rings is 1. The Morgan fingerprint density at radius 3 is 2.59 bits per heavy atom. The van der Waals surface area contributed by atoms with E-state index in [1.807, 2.05) is 19.9 Å². The number of nitrogens with zero attached hydrogens (tertiary/aromatic N) is 8. The number of hydrogen-bond donors (Lipinski definition) is 1.